The minimum Gasteiger partial charge on any atom is -0.435 e. The largest absolute Gasteiger partial charge is 0.435 e. The number of ether oxygens (including phenoxy) is 1. The van der Waals surface area contributed by atoms with E-state index in [1.807, 2.05) is 30.5 Å². The number of hydrogen-bond acceptors (Lipinski definition) is 4. The molecule has 4 nitrogen and oxygen atoms in total. The van der Waals surface area contributed by atoms with Crippen LogP contribution in [0.15, 0.2) is 41.2 Å². The first-order chi connectivity index (χ1) is 10.4. The van der Waals surface area contributed by atoms with Gasteiger partial charge in [0.1, 0.15) is 11.9 Å². The standard InChI is InChI=1S/C17H23N3O/c1-2-3-4-5-6-11-16-18-12-14-17(20-16)21-15-10-8-7-9-13(15)19-14/h7-10,12,16,18-19H,2-6,11H2,1H3. The lowest BCUT2D eigenvalue weighted by Gasteiger charge is -2.28. The number of fused-ring (bicyclic) bond motifs is 2. The number of aliphatic imine (C=N–C) groups is 1. The third-order valence-electron chi connectivity index (χ3n) is 3.87. The molecule has 2 heterocycles. The van der Waals surface area contributed by atoms with Crippen molar-refractivity contribution in [3.8, 4) is 5.75 Å². The first-order valence-corrected chi connectivity index (χ1v) is 7.95. The molecule has 1 aromatic rings. The predicted molar refractivity (Wildman–Crippen MR) is 86.5 cm³/mol. The fourth-order valence-electron chi connectivity index (χ4n) is 2.66. The maximum atomic E-state index is 5.89. The number of nitrogens with zero attached hydrogens (tertiary/aromatic N) is 1. The van der Waals surface area contributed by atoms with Gasteiger partial charge in [-0.15, -0.1) is 0 Å². The minimum atomic E-state index is 0.137. The molecular formula is C17H23N3O. The Balaban J connectivity index is 1.57. The van der Waals surface area contributed by atoms with E-state index in [2.05, 4.69) is 22.5 Å². The van der Waals surface area contributed by atoms with Crippen LogP contribution in [0, 0.1) is 0 Å². The Morgan fingerprint density at radius 1 is 1.14 bits per heavy atom. The highest BCUT2D eigenvalue weighted by Crippen LogP contribution is 2.31. The van der Waals surface area contributed by atoms with E-state index in [4.69, 9.17) is 4.74 Å². The van der Waals surface area contributed by atoms with Crippen LogP contribution in [-0.4, -0.2) is 12.1 Å². The van der Waals surface area contributed by atoms with Gasteiger partial charge in [0.05, 0.1) is 5.69 Å². The van der Waals surface area contributed by atoms with E-state index in [9.17, 15) is 0 Å². The molecule has 1 aromatic carbocycles. The third-order valence-corrected chi connectivity index (χ3v) is 3.87. The predicted octanol–water partition coefficient (Wildman–Crippen LogP) is 4.02. The van der Waals surface area contributed by atoms with E-state index in [1.54, 1.807) is 0 Å². The number of rotatable bonds is 6. The van der Waals surface area contributed by atoms with Gasteiger partial charge in [-0.05, 0) is 25.0 Å². The molecule has 2 aliphatic heterocycles. The van der Waals surface area contributed by atoms with Crippen LogP contribution in [-0.2, 0) is 0 Å². The number of unbranched alkanes of at least 4 members (excludes halogenated alkanes) is 4. The molecule has 2 aliphatic rings. The SMILES string of the molecule is CCCCCCCC1N=C2Oc3ccccc3NC2=CN1. The highest BCUT2D eigenvalue weighted by molar-refractivity contribution is 6.01. The highest BCUT2D eigenvalue weighted by atomic mass is 16.5. The molecule has 0 fully saturated rings. The fraction of sp³-hybridized carbons (Fsp3) is 0.471. The van der Waals surface area contributed by atoms with Crippen LogP contribution in [0.1, 0.15) is 45.4 Å². The normalized spacial score (nSPS) is 19.2. The molecule has 0 radical (unpaired) electrons. The maximum absolute atomic E-state index is 5.89. The average Bonchev–Trinajstić information content (AvgIpc) is 2.52. The molecule has 0 saturated heterocycles. The zero-order valence-corrected chi connectivity index (χ0v) is 12.6. The molecule has 0 saturated carbocycles. The van der Waals surface area contributed by atoms with Crippen molar-refractivity contribution in [1.82, 2.24) is 5.32 Å². The summed E-state index contributed by atoms with van der Waals surface area (Å²) in [4.78, 5) is 4.67. The molecule has 0 amide bonds. The van der Waals surface area contributed by atoms with E-state index in [0.29, 0.717) is 5.90 Å². The van der Waals surface area contributed by atoms with Gasteiger partial charge in [-0.3, -0.25) is 0 Å². The van der Waals surface area contributed by atoms with Gasteiger partial charge in [-0.1, -0.05) is 44.7 Å². The summed E-state index contributed by atoms with van der Waals surface area (Å²) < 4.78 is 5.89. The molecule has 0 spiro atoms. The molecule has 1 atom stereocenters. The molecule has 0 bridgehead atoms. The summed E-state index contributed by atoms with van der Waals surface area (Å²) in [6, 6.07) is 7.94. The summed E-state index contributed by atoms with van der Waals surface area (Å²) in [5, 5.41) is 6.69. The Morgan fingerprint density at radius 2 is 2.00 bits per heavy atom. The van der Waals surface area contributed by atoms with Crippen LogP contribution >= 0.6 is 0 Å². The fourth-order valence-corrected chi connectivity index (χ4v) is 2.66. The number of anilines is 1. The molecule has 0 aliphatic carbocycles. The van der Waals surface area contributed by atoms with Crippen molar-refractivity contribution >= 4 is 11.6 Å². The van der Waals surface area contributed by atoms with Gasteiger partial charge in [-0.25, -0.2) is 4.99 Å². The number of hydrogen-bond donors (Lipinski definition) is 2. The Morgan fingerprint density at radius 3 is 2.90 bits per heavy atom. The van der Waals surface area contributed by atoms with Crippen molar-refractivity contribution in [3.05, 3.63) is 36.2 Å². The summed E-state index contributed by atoms with van der Waals surface area (Å²) in [5.41, 5.74) is 1.90. The van der Waals surface area contributed by atoms with Gasteiger partial charge in [0, 0.05) is 6.20 Å². The first kappa shape index (κ1) is 14.0. The molecule has 4 heteroatoms. The van der Waals surface area contributed by atoms with Crippen molar-refractivity contribution in [2.45, 2.75) is 51.6 Å². The molecular weight excluding hydrogens is 262 g/mol. The Hall–Kier alpha value is -1.97. The molecule has 1 unspecified atom stereocenters. The van der Waals surface area contributed by atoms with Crippen LogP contribution in [0.25, 0.3) is 0 Å². The van der Waals surface area contributed by atoms with Crippen LogP contribution in [0.3, 0.4) is 0 Å². The second kappa shape index (κ2) is 6.66. The second-order valence-electron chi connectivity index (χ2n) is 5.60. The topological polar surface area (TPSA) is 45.6 Å². The lowest BCUT2D eigenvalue weighted by molar-refractivity contribution is 0.473. The average molecular weight is 285 g/mol. The van der Waals surface area contributed by atoms with Gasteiger partial charge in [0.2, 0.25) is 5.90 Å². The molecule has 112 valence electrons. The Bertz CT molecular complexity index is 551. The van der Waals surface area contributed by atoms with Gasteiger partial charge in [0.15, 0.2) is 5.75 Å². The number of para-hydroxylation sites is 2. The summed E-state index contributed by atoms with van der Waals surface area (Å²) in [7, 11) is 0. The quantitative estimate of drug-likeness (QED) is 0.776. The van der Waals surface area contributed by atoms with Gasteiger partial charge in [-0.2, -0.15) is 0 Å². The van der Waals surface area contributed by atoms with Crippen LogP contribution in [0.4, 0.5) is 5.69 Å². The lowest BCUT2D eigenvalue weighted by Crippen LogP contribution is -2.35. The van der Waals surface area contributed by atoms with Crippen molar-refractivity contribution in [3.63, 3.8) is 0 Å². The Kier molecular flexibility index (Phi) is 4.43. The van der Waals surface area contributed by atoms with Crippen LogP contribution in [0.5, 0.6) is 5.75 Å². The zero-order valence-electron chi connectivity index (χ0n) is 12.6. The second-order valence-corrected chi connectivity index (χ2v) is 5.60. The summed E-state index contributed by atoms with van der Waals surface area (Å²) in [5.74, 6) is 1.54. The maximum Gasteiger partial charge on any atom is 0.242 e. The van der Waals surface area contributed by atoms with E-state index in [1.165, 1.54) is 32.1 Å². The van der Waals surface area contributed by atoms with Crippen molar-refractivity contribution in [2.24, 2.45) is 4.99 Å². The minimum absolute atomic E-state index is 0.137. The third kappa shape index (κ3) is 3.38. The van der Waals surface area contributed by atoms with Crippen LogP contribution < -0.4 is 15.4 Å². The zero-order chi connectivity index (χ0) is 14.5. The van der Waals surface area contributed by atoms with E-state index in [-0.39, 0.29) is 6.17 Å². The van der Waals surface area contributed by atoms with Gasteiger partial charge < -0.3 is 15.4 Å². The van der Waals surface area contributed by atoms with Crippen molar-refractivity contribution in [1.29, 1.82) is 0 Å². The molecule has 2 N–H and O–H groups in total. The number of nitrogens with one attached hydrogen (secondary N) is 2. The highest BCUT2D eigenvalue weighted by Gasteiger charge is 2.24. The van der Waals surface area contributed by atoms with E-state index in [0.717, 1.165) is 23.6 Å². The summed E-state index contributed by atoms with van der Waals surface area (Å²) >= 11 is 0. The van der Waals surface area contributed by atoms with Gasteiger partial charge >= 0.3 is 0 Å². The smallest absolute Gasteiger partial charge is 0.242 e. The molecule has 3 rings (SSSR count). The first-order valence-electron chi connectivity index (χ1n) is 7.95. The molecule has 0 aromatic heterocycles. The molecule has 21 heavy (non-hydrogen) atoms. The van der Waals surface area contributed by atoms with Crippen molar-refractivity contribution < 1.29 is 4.74 Å². The Labute approximate surface area is 126 Å². The lowest BCUT2D eigenvalue weighted by atomic mass is 10.1. The van der Waals surface area contributed by atoms with Gasteiger partial charge in [0.25, 0.3) is 0 Å². The van der Waals surface area contributed by atoms with Crippen molar-refractivity contribution in [2.75, 3.05) is 5.32 Å². The van der Waals surface area contributed by atoms with E-state index >= 15 is 0 Å². The summed E-state index contributed by atoms with van der Waals surface area (Å²) in [6.07, 6.45) is 9.62. The monoisotopic (exact) mass is 285 g/mol. The summed E-state index contributed by atoms with van der Waals surface area (Å²) in [6.45, 7) is 2.24. The number of benzene rings is 1. The van der Waals surface area contributed by atoms with E-state index < -0.39 is 0 Å². The van der Waals surface area contributed by atoms with Crippen LogP contribution in [0.2, 0.25) is 0 Å².